The molecule has 0 atom stereocenters. The molecule has 6 rings (SSSR count). The van der Waals surface area contributed by atoms with Crippen molar-refractivity contribution >= 4 is 38.2 Å². The quantitative estimate of drug-likeness (QED) is 0.163. The van der Waals surface area contributed by atoms with E-state index < -0.39 is 0 Å². The number of Topliss-reactive ketones (excluding diaryl/α,β-unsaturated/α-hetero) is 1. The Kier molecular flexibility index (Phi) is 7.42. The number of carbonyl (C=O) groups excluding carboxylic acids is 1. The van der Waals surface area contributed by atoms with E-state index in [0.29, 0.717) is 17.5 Å². The summed E-state index contributed by atoms with van der Waals surface area (Å²) >= 11 is 1.60. The molecule has 1 N–H and O–H groups in total. The molecule has 0 spiro atoms. The summed E-state index contributed by atoms with van der Waals surface area (Å²) < 4.78 is 12.7. The van der Waals surface area contributed by atoms with Crippen molar-refractivity contribution in [2.24, 2.45) is 5.41 Å². The van der Waals surface area contributed by atoms with Gasteiger partial charge in [0.05, 0.1) is 23.3 Å². The Morgan fingerprint density at radius 2 is 1.93 bits per heavy atom. The van der Waals surface area contributed by atoms with Gasteiger partial charge in [-0.25, -0.2) is 9.97 Å². The van der Waals surface area contributed by atoms with E-state index >= 15 is 0 Å². The molecule has 41 heavy (non-hydrogen) atoms. The maximum Gasteiger partial charge on any atom is 0.196 e. The summed E-state index contributed by atoms with van der Waals surface area (Å²) in [7, 11) is 1.77. The van der Waals surface area contributed by atoms with Crippen LogP contribution in [-0.2, 0) is 27.8 Å². The van der Waals surface area contributed by atoms with E-state index in [4.69, 9.17) is 19.2 Å². The van der Waals surface area contributed by atoms with Crippen LogP contribution >= 0.6 is 11.3 Å². The molecule has 0 unspecified atom stereocenters. The van der Waals surface area contributed by atoms with Gasteiger partial charge in [-0.3, -0.25) is 9.20 Å². The average molecular weight is 572 g/mol. The first kappa shape index (κ1) is 27.6. The molecule has 0 amide bonds. The Labute approximate surface area is 244 Å². The second-order valence-corrected chi connectivity index (χ2v) is 13.3. The topological polar surface area (TPSA) is 94.5 Å². The van der Waals surface area contributed by atoms with Gasteiger partial charge >= 0.3 is 0 Å². The van der Waals surface area contributed by atoms with E-state index in [2.05, 4.69) is 54.0 Å². The van der Waals surface area contributed by atoms with Gasteiger partial charge in [-0.1, -0.05) is 61.5 Å². The smallest absolute Gasteiger partial charge is 0.196 e. The summed E-state index contributed by atoms with van der Waals surface area (Å²) in [5.74, 6) is 1.82. The summed E-state index contributed by atoms with van der Waals surface area (Å²) in [5, 5.41) is 7.65. The number of anilines is 1. The maximum absolute atomic E-state index is 12.7. The molecule has 4 aromatic heterocycles. The van der Waals surface area contributed by atoms with Gasteiger partial charge in [-0.2, -0.15) is 0 Å². The highest BCUT2D eigenvalue weighted by atomic mass is 32.1. The second kappa shape index (κ2) is 11.0. The van der Waals surface area contributed by atoms with Gasteiger partial charge in [0.1, 0.15) is 22.2 Å². The molecule has 1 aliphatic carbocycles. The molecular formula is C32H37N5O3S. The van der Waals surface area contributed by atoms with Crippen molar-refractivity contribution in [3.63, 3.8) is 0 Å². The Morgan fingerprint density at radius 1 is 1.12 bits per heavy atom. The molecule has 1 saturated carbocycles. The zero-order valence-electron chi connectivity index (χ0n) is 24.2. The lowest BCUT2D eigenvalue weighted by Crippen LogP contribution is -2.16. The van der Waals surface area contributed by atoms with E-state index in [9.17, 15) is 4.79 Å². The van der Waals surface area contributed by atoms with Crippen LogP contribution in [0.1, 0.15) is 63.5 Å². The van der Waals surface area contributed by atoms with Crippen LogP contribution in [0.5, 0.6) is 0 Å². The van der Waals surface area contributed by atoms with Gasteiger partial charge in [0.15, 0.2) is 4.96 Å². The largest absolute Gasteiger partial charge is 0.385 e. The molecule has 1 fully saturated rings. The van der Waals surface area contributed by atoms with Crippen LogP contribution in [-0.4, -0.2) is 45.6 Å². The molecule has 1 aromatic carbocycles. The van der Waals surface area contributed by atoms with E-state index in [1.807, 2.05) is 30.3 Å². The number of aromatic nitrogens is 4. The Bertz CT molecular complexity index is 1670. The number of carbonyl (C=O) groups is 1. The minimum atomic E-state index is -0.127. The summed E-state index contributed by atoms with van der Waals surface area (Å²) in [6.45, 7) is 7.98. The number of thiazole rings is 1. The minimum absolute atomic E-state index is 0.111. The highest BCUT2D eigenvalue weighted by Gasteiger charge is 2.41. The summed E-state index contributed by atoms with van der Waals surface area (Å²) in [6.07, 6.45) is 7.56. The van der Waals surface area contributed by atoms with Gasteiger partial charge in [-0.15, -0.1) is 0 Å². The number of ketones is 1. The van der Waals surface area contributed by atoms with E-state index in [-0.39, 0.29) is 17.6 Å². The van der Waals surface area contributed by atoms with E-state index in [1.54, 1.807) is 18.4 Å². The molecule has 214 valence electrons. The molecule has 0 radical (unpaired) electrons. The highest BCUT2D eigenvalue weighted by Crippen LogP contribution is 2.49. The number of pyridine rings is 1. The van der Waals surface area contributed by atoms with Crippen LogP contribution in [0.3, 0.4) is 0 Å². The van der Waals surface area contributed by atoms with Crippen LogP contribution < -0.4 is 5.32 Å². The third kappa shape index (κ3) is 6.21. The molecular weight excluding hydrogens is 534 g/mol. The van der Waals surface area contributed by atoms with Gasteiger partial charge in [0.25, 0.3) is 0 Å². The van der Waals surface area contributed by atoms with Crippen molar-refractivity contribution in [1.29, 1.82) is 0 Å². The van der Waals surface area contributed by atoms with Crippen molar-refractivity contribution in [3.05, 3.63) is 65.7 Å². The van der Waals surface area contributed by atoms with Crippen LogP contribution in [0.25, 0.3) is 26.6 Å². The first-order chi connectivity index (χ1) is 19.7. The summed E-state index contributed by atoms with van der Waals surface area (Å²) in [4.78, 5) is 24.3. The number of hydrogen-bond donors (Lipinski definition) is 1. The first-order valence-electron chi connectivity index (χ1n) is 14.3. The van der Waals surface area contributed by atoms with Crippen molar-refractivity contribution < 1.29 is 14.1 Å². The van der Waals surface area contributed by atoms with Crippen molar-refractivity contribution in [2.45, 2.75) is 64.7 Å². The standard InChI is InChI=1S/C32H37N5O3S/c1-31(2,3)27-18-23(36-40-27)17-24(38)16-21-6-8-22(9-7-21)25-19-37-26-10-11-28(35-29(26)41-30(37)34-25)33-20-32(13-14-32)12-5-15-39-4/h6-11,18-19H,5,12-17,20H2,1-4H3,(H,33,35). The van der Waals surface area contributed by atoms with Gasteiger partial charge in [0, 0.05) is 49.9 Å². The van der Waals surface area contributed by atoms with Gasteiger partial charge < -0.3 is 14.6 Å². The van der Waals surface area contributed by atoms with Crippen LogP contribution in [0, 0.1) is 5.41 Å². The lowest BCUT2D eigenvalue weighted by Gasteiger charge is -2.16. The fourth-order valence-electron chi connectivity index (χ4n) is 5.22. The zero-order chi connectivity index (χ0) is 28.6. The van der Waals surface area contributed by atoms with Crippen molar-refractivity contribution in [2.75, 3.05) is 25.6 Å². The number of nitrogens with zero attached hydrogens (tertiary/aromatic N) is 4. The van der Waals surface area contributed by atoms with Crippen LogP contribution in [0.4, 0.5) is 5.82 Å². The molecule has 5 aromatic rings. The third-order valence-electron chi connectivity index (χ3n) is 7.95. The normalized spacial score (nSPS) is 14.6. The predicted molar refractivity (Wildman–Crippen MR) is 163 cm³/mol. The molecule has 0 bridgehead atoms. The predicted octanol–water partition coefficient (Wildman–Crippen LogP) is 6.87. The Morgan fingerprint density at radius 3 is 2.63 bits per heavy atom. The number of rotatable bonds is 12. The number of ether oxygens (including phenoxy) is 1. The molecule has 8 nitrogen and oxygen atoms in total. The number of nitrogens with one attached hydrogen (secondary N) is 1. The van der Waals surface area contributed by atoms with Gasteiger partial charge in [0.2, 0.25) is 0 Å². The van der Waals surface area contributed by atoms with Crippen LogP contribution in [0.2, 0.25) is 0 Å². The lowest BCUT2D eigenvalue weighted by atomic mass is 9.93. The summed E-state index contributed by atoms with van der Waals surface area (Å²) in [5.41, 5.74) is 4.92. The fraction of sp³-hybridized carbons (Fsp3) is 0.438. The second-order valence-electron chi connectivity index (χ2n) is 12.4. The number of hydrogen-bond acceptors (Lipinski definition) is 8. The summed E-state index contributed by atoms with van der Waals surface area (Å²) in [6, 6.07) is 14.1. The minimum Gasteiger partial charge on any atom is -0.385 e. The Hall–Kier alpha value is -3.56. The monoisotopic (exact) mass is 571 g/mol. The van der Waals surface area contributed by atoms with E-state index in [0.717, 1.165) is 63.3 Å². The highest BCUT2D eigenvalue weighted by molar-refractivity contribution is 7.23. The number of fused-ring (bicyclic) bond motifs is 3. The van der Waals surface area contributed by atoms with Crippen molar-refractivity contribution in [3.8, 4) is 11.3 Å². The molecule has 1 aliphatic rings. The fourth-order valence-corrected chi connectivity index (χ4v) is 6.20. The van der Waals surface area contributed by atoms with Crippen molar-refractivity contribution in [1.82, 2.24) is 19.5 Å². The first-order valence-corrected chi connectivity index (χ1v) is 15.1. The SMILES string of the molecule is COCCCC1(CNc2ccc3c(n2)sc2nc(-c4ccc(CC(=O)Cc5cc(C(C)(C)C)on5)cc4)cn23)CC1. The van der Waals surface area contributed by atoms with E-state index in [1.165, 1.54) is 19.3 Å². The number of imidazole rings is 1. The zero-order valence-corrected chi connectivity index (χ0v) is 25.0. The molecule has 0 aliphatic heterocycles. The van der Waals surface area contributed by atoms with Crippen LogP contribution in [0.15, 0.2) is 53.2 Å². The van der Waals surface area contributed by atoms with Gasteiger partial charge in [-0.05, 0) is 48.8 Å². The average Bonchev–Trinajstić information content (AvgIpc) is 3.23. The maximum atomic E-state index is 12.7. The molecule has 0 saturated heterocycles. The molecule has 4 heterocycles. The third-order valence-corrected chi connectivity index (χ3v) is 8.91. The number of benzene rings is 1. The lowest BCUT2D eigenvalue weighted by molar-refractivity contribution is -0.117. The number of methoxy groups -OCH3 is 1. The molecule has 9 heteroatoms. The Balaban J connectivity index is 1.09.